The maximum atomic E-state index is 10.9. The molecule has 1 aromatic carbocycles. The van der Waals surface area contributed by atoms with Crippen molar-refractivity contribution in [3.8, 4) is 0 Å². The third-order valence-electron chi connectivity index (χ3n) is 5.03. The van der Waals surface area contributed by atoms with Crippen LogP contribution in [-0.4, -0.2) is 43.4 Å². The lowest BCUT2D eigenvalue weighted by molar-refractivity contribution is 0.0238. The first kappa shape index (κ1) is 16.3. The number of aryl methyl sites for hydroxylation is 1. The second-order valence-corrected chi connectivity index (χ2v) is 6.87. The summed E-state index contributed by atoms with van der Waals surface area (Å²) < 4.78 is 5.78. The molecule has 3 N–H and O–H groups in total. The normalized spacial score (nSPS) is 30.3. The molecule has 0 aromatic heterocycles. The topological polar surface area (TPSA) is 65.9 Å². The van der Waals surface area contributed by atoms with Crippen LogP contribution in [0.5, 0.6) is 0 Å². The van der Waals surface area contributed by atoms with Gasteiger partial charge in [0.2, 0.25) is 0 Å². The van der Waals surface area contributed by atoms with Gasteiger partial charge in [0.1, 0.15) is 5.60 Å². The third-order valence-corrected chi connectivity index (χ3v) is 5.03. The average molecular weight is 317 g/mol. The summed E-state index contributed by atoms with van der Waals surface area (Å²) in [4.78, 5) is 4.26. The number of guanidine groups is 1. The van der Waals surface area contributed by atoms with Gasteiger partial charge >= 0.3 is 0 Å². The molecule has 0 saturated carbocycles. The zero-order valence-corrected chi connectivity index (χ0v) is 14.1. The second-order valence-electron chi connectivity index (χ2n) is 6.87. The molecule has 5 heteroatoms. The Morgan fingerprint density at radius 1 is 1.26 bits per heavy atom. The number of benzene rings is 1. The molecule has 5 nitrogen and oxygen atoms in total. The van der Waals surface area contributed by atoms with Crippen LogP contribution in [0.1, 0.15) is 37.3 Å². The Morgan fingerprint density at radius 3 is 2.78 bits per heavy atom. The number of rotatable bonds is 4. The Morgan fingerprint density at radius 2 is 2.04 bits per heavy atom. The van der Waals surface area contributed by atoms with Crippen LogP contribution in [0.4, 0.5) is 0 Å². The van der Waals surface area contributed by atoms with Crippen molar-refractivity contribution in [2.45, 2.75) is 43.8 Å². The number of aliphatic imine (C=N–C) groups is 1. The standard InChI is InChI=1S/C18H27N3O2/c1-17(9-5-11-23-17)12-20-16(19-2)21-13-18(22)10-8-14-6-3-4-7-15(14)18/h3-4,6-7,22H,5,8-13H2,1-2H3,(H2,19,20,21). The molecular weight excluding hydrogens is 290 g/mol. The van der Waals surface area contributed by atoms with Crippen molar-refractivity contribution < 1.29 is 9.84 Å². The number of hydrogen-bond acceptors (Lipinski definition) is 3. The Labute approximate surface area is 138 Å². The van der Waals surface area contributed by atoms with Crippen LogP contribution in [0, 0.1) is 0 Å². The molecule has 126 valence electrons. The van der Waals surface area contributed by atoms with Crippen LogP contribution in [0.15, 0.2) is 29.3 Å². The van der Waals surface area contributed by atoms with Crippen LogP contribution in [0.25, 0.3) is 0 Å². The van der Waals surface area contributed by atoms with Crippen LogP contribution in [0.2, 0.25) is 0 Å². The smallest absolute Gasteiger partial charge is 0.191 e. The Bertz CT molecular complexity index is 581. The van der Waals surface area contributed by atoms with Crippen molar-refractivity contribution in [2.75, 3.05) is 26.7 Å². The van der Waals surface area contributed by atoms with E-state index < -0.39 is 5.60 Å². The number of aliphatic hydroxyl groups is 1. The van der Waals surface area contributed by atoms with Crippen molar-refractivity contribution in [1.82, 2.24) is 10.6 Å². The molecule has 0 radical (unpaired) electrons. The molecule has 1 heterocycles. The SMILES string of the molecule is CN=C(NCC1(C)CCCO1)NCC1(O)CCc2ccccc21. The molecular formula is C18H27N3O2. The Balaban J connectivity index is 1.56. The fraction of sp³-hybridized carbons (Fsp3) is 0.611. The summed E-state index contributed by atoms with van der Waals surface area (Å²) in [5.41, 5.74) is 1.34. The molecule has 2 unspecified atom stereocenters. The highest BCUT2D eigenvalue weighted by Gasteiger charge is 2.36. The van der Waals surface area contributed by atoms with E-state index in [1.54, 1.807) is 7.05 Å². The molecule has 1 aliphatic carbocycles. The monoisotopic (exact) mass is 317 g/mol. The maximum Gasteiger partial charge on any atom is 0.191 e. The van der Waals surface area contributed by atoms with Crippen molar-refractivity contribution in [3.63, 3.8) is 0 Å². The highest BCUT2D eigenvalue weighted by molar-refractivity contribution is 5.79. The molecule has 2 aliphatic rings. The molecule has 1 saturated heterocycles. The summed E-state index contributed by atoms with van der Waals surface area (Å²) >= 11 is 0. The minimum Gasteiger partial charge on any atom is -0.383 e. The lowest BCUT2D eigenvalue weighted by Gasteiger charge is -2.28. The van der Waals surface area contributed by atoms with Gasteiger partial charge in [-0.15, -0.1) is 0 Å². The van der Waals surface area contributed by atoms with Crippen molar-refractivity contribution in [3.05, 3.63) is 35.4 Å². The number of nitrogens with zero attached hydrogens (tertiary/aromatic N) is 1. The number of nitrogens with one attached hydrogen (secondary N) is 2. The minimum atomic E-state index is -0.817. The molecule has 1 aliphatic heterocycles. The highest BCUT2D eigenvalue weighted by Crippen LogP contribution is 2.36. The summed E-state index contributed by atoms with van der Waals surface area (Å²) in [7, 11) is 1.75. The number of hydrogen-bond donors (Lipinski definition) is 3. The van der Waals surface area contributed by atoms with E-state index in [1.807, 2.05) is 18.2 Å². The van der Waals surface area contributed by atoms with Gasteiger partial charge in [0.25, 0.3) is 0 Å². The van der Waals surface area contributed by atoms with E-state index in [0.717, 1.165) is 44.4 Å². The zero-order valence-electron chi connectivity index (χ0n) is 14.1. The second kappa shape index (κ2) is 6.49. The molecule has 1 aromatic rings. The van der Waals surface area contributed by atoms with E-state index in [2.05, 4.69) is 28.6 Å². The van der Waals surface area contributed by atoms with Gasteiger partial charge in [0.15, 0.2) is 5.96 Å². The summed E-state index contributed by atoms with van der Waals surface area (Å²) in [5, 5.41) is 17.5. The van der Waals surface area contributed by atoms with Crippen molar-refractivity contribution in [2.24, 2.45) is 4.99 Å². The van der Waals surface area contributed by atoms with E-state index in [0.29, 0.717) is 12.5 Å². The summed E-state index contributed by atoms with van der Waals surface area (Å²) in [5.74, 6) is 0.708. The van der Waals surface area contributed by atoms with Crippen LogP contribution in [0.3, 0.4) is 0 Å². The van der Waals surface area contributed by atoms with Gasteiger partial charge in [-0.2, -0.15) is 0 Å². The fourth-order valence-corrected chi connectivity index (χ4v) is 3.55. The Hall–Kier alpha value is -1.59. The molecule has 3 rings (SSSR count). The highest BCUT2D eigenvalue weighted by atomic mass is 16.5. The summed E-state index contributed by atoms with van der Waals surface area (Å²) in [6.45, 7) is 4.14. The quantitative estimate of drug-likeness (QED) is 0.582. The van der Waals surface area contributed by atoms with Gasteiger partial charge in [0, 0.05) is 20.2 Å². The molecule has 0 amide bonds. The van der Waals surface area contributed by atoms with E-state index in [-0.39, 0.29) is 5.60 Å². The first-order valence-corrected chi connectivity index (χ1v) is 8.44. The summed E-state index contributed by atoms with van der Waals surface area (Å²) in [6, 6.07) is 8.13. The van der Waals surface area contributed by atoms with Gasteiger partial charge < -0.3 is 20.5 Å². The molecule has 0 spiro atoms. The van der Waals surface area contributed by atoms with Crippen LogP contribution >= 0.6 is 0 Å². The third kappa shape index (κ3) is 3.51. The van der Waals surface area contributed by atoms with Crippen molar-refractivity contribution >= 4 is 5.96 Å². The number of fused-ring (bicyclic) bond motifs is 1. The van der Waals surface area contributed by atoms with Gasteiger partial charge in [-0.3, -0.25) is 4.99 Å². The molecule has 0 bridgehead atoms. The fourth-order valence-electron chi connectivity index (χ4n) is 3.55. The lowest BCUT2D eigenvalue weighted by atomic mass is 9.96. The molecule has 1 fully saturated rings. The van der Waals surface area contributed by atoms with E-state index in [4.69, 9.17) is 4.74 Å². The average Bonchev–Trinajstić information content (AvgIpc) is 3.13. The zero-order chi connectivity index (χ0) is 16.3. The van der Waals surface area contributed by atoms with Crippen LogP contribution in [-0.2, 0) is 16.8 Å². The van der Waals surface area contributed by atoms with Crippen LogP contribution < -0.4 is 10.6 Å². The largest absolute Gasteiger partial charge is 0.383 e. The van der Waals surface area contributed by atoms with Gasteiger partial charge in [-0.05, 0) is 43.7 Å². The van der Waals surface area contributed by atoms with Crippen molar-refractivity contribution in [1.29, 1.82) is 0 Å². The van der Waals surface area contributed by atoms with Gasteiger partial charge in [-0.1, -0.05) is 24.3 Å². The minimum absolute atomic E-state index is 0.117. The van der Waals surface area contributed by atoms with Gasteiger partial charge in [-0.25, -0.2) is 0 Å². The first-order valence-electron chi connectivity index (χ1n) is 8.44. The molecule has 2 atom stereocenters. The van der Waals surface area contributed by atoms with E-state index >= 15 is 0 Å². The van der Waals surface area contributed by atoms with E-state index in [1.165, 1.54) is 5.56 Å². The lowest BCUT2D eigenvalue weighted by Crippen LogP contribution is -2.49. The molecule has 23 heavy (non-hydrogen) atoms. The van der Waals surface area contributed by atoms with Gasteiger partial charge in [0.05, 0.1) is 12.1 Å². The predicted octanol–water partition coefficient (Wildman–Crippen LogP) is 1.55. The first-order chi connectivity index (χ1) is 11.0. The maximum absolute atomic E-state index is 10.9. The summed E-state index contributed by atoms with van der Waals surface area (Å²) in [6.07, 6.45) is 3.85. The predicted molar refractivity (Wildman–Crippen MR) is 91.6 cm³/mol. The Kier molecular flexibility index (Phi) is 4.60. The van der Waals surface area contributed by atoms with E-state index in [9.17, 15) is 5.11 Å². The number of ether oxygens (including phenoxy) is 1.